The first kappa shape index (κ1) is 22.1. The minimum atomic E-state index is -0.435. The maximum atomic E-state index is 14.3. The van der Waals surface area contributed by atoms with Crippen LogP contribution in [-0.4, -0.2) is 20.9 Å². The van der Waals surface area contributed by atoms with E-state index in [0.29, 0.717) is 18.9 Å². The Balaban J connectivity index is 1.23. The van der Waals surface area contributed by atoms with Gasteiger partial charge in [-0.1, -0.05) is 19.3 Å². The summed E-state index contributed by atoms with van der Waals surface area (Å²) in [6.45, 7) is 0.466. The van der Waals surface area contributed by atoms with Crippen molar-refractivity contribution in [3.63, 3.8) is 0 Å². The Labute approximate surface area is 198 Å². The van der Waals surface area contributed by atoms with Crippen molar-refractivity contribution in [1.82, 2.24) is 15.0 Å². The van der Waals surface area contributed by atoms with Crippen LogP contribution in [0.5, 0.6) is 0 Å². The van der Waals surface area contributed by atoms with E-state index in [-0.39, 0.29) is 11.6 Å². The molecule has 1 aliphatic carbocycles. The second kappa shape index (κ2) is 10.0. The Morgan fingerprint density at radius 2 is 1.91 bits per heavy atom. The van der Waals surface area contributed by atoms with Gasteiger partial charge >= 0.3 is 0 Å². The molecule has 1 saturated carbocycles. The van der Waals surface area contributed by atoms with Crippen molar-refractivity contribution in [2.45, 2.75) is 45.1 Å². The van der Waals surface area contributed by atoms with Crippen LogP contribution in [0.3, 0.4) is 0 Å². The van der Waals surface area contributed by atoms with Crippen LogP contribution in [0.2, 0.25) is 0 Å². The van der Waals surface area contributed by atoms with Crippen LogP contribution in [0.4, 0.5) is 15.8 Å². The summed E-state index contributed by atoms with van der Waals surface area (Å²) in [4.78, 5) is 24.6. The van der Waals surface area contributed by atoms with Crippen LogP contribution in [0.1, 0.15) is 44.2 Å². The Hall–Kier alpha value is -3.74. The number of nitrogens with zero attached hydrogens (tertiary/aromatic N) is 2. The van der Waals surface area contributed by atoms with Gasteiger partial charge in [0, 0.05) is 41.1 Å². The van der Waals surface area contributed by atoms with Crippen LogP contribution < -0.4 is 10.6 Å². The number of fused-ring (bicyclic) bond motifs is 1. The van der Waals surface area contributed by atoms with Gasteiger partial charge in [0.25, 0.3) is 0 Å². The Morgan fingerprint density at radius 1 is 1.03 bits per heavy atom. The quantitative estimate of drug-likeness (QED) is 0.305. The fraction of sp³-hybridized carbons (Fsp3) is 0.296. The SMILES string of the molecule is O=C(CC1CCCCC1)Nc1cc(NCc2cc(-c3cc4cccnc4[nH]3)ccn2)ccc1F. The maximum Gasteiger partial charge on any atom is 0.224 e. The molecule has 3 N–H and O–H groups in total. The number of pyridine rings is 2. The number of halogens is 1. The third-order valence-electron chi connectivity index (χ3n) is 6.43. The molecule has 0 spiro atoms. The predicted octanol–water partition coefficient (Wildman–Crippen LogP) is 6.29. The van der Waals surface area contributed by atoms with E-state index in [1.54, 1.807) is 24.5 Å². The number of rotatable bonds is 7. The van der Waals surface area contributed by atoms with Gasteiger partial charge in [-0.05, 0) is 67.3 Å². The van der Waals surface area contributed by atoms with Gasteiger partial charge in [0.15, 0.2) is 0 Å². The highest BCUT2D eigenvalue weighted by Crippen LogP contribution is 2.28. The van der Waals surface area contributed by atoms with Gasteiger partial charge in [-0.15, -0.1) is 0 Å². The molecule has 0 saturated heterocycles. The van der Waals surface area contributed by atoms with Crippen LogP contribution in [0.15, 0.2) is 60.9 Å². The zero-order chi connectivity index (χ0) is 23.3. The zero-order valence-corrected chi connectivity index (χ0v) is 19.0. The molecule has 34 heavy (non-hydrogen) atoms. The van der Waals surface area contributed by atoms with E-state index in [9.17, 15) is 9.18 Å². The normalized spacial score (nSPS) is 14.3. The van der Waals surface area contributed by atoms with Crippen molar-refractivity contribution in [3.8, 4) is 11.3 Å². The number of carbonyl (C=O) groups is 1. The Morgan fingerprint density at radius 3 is 2.76 bits per heavy atom. The monoisotopic (exact) mass is 457 g/mol. The lowest BCUT2D eigenvalue weighted by Crippen LogP contribution is -2.19. The molecule has 0 radical (unpaired) electrons. The Kier molecular flexibility index (Phi) is 6.51. The number of hydrogen-bond acceptors (Lipinski definition) is 4. The average molecular weight is 458 g/mol. The fourth-order valence-electron chi connectivity index (χ4n) is 4.63. The van der Waals surface area contributed by atoms with Crippen molar-refractivity contribution < 1.29 is 9.18 Å². The molecule has 5 rings (SSSR count). The molecule has 1 aliphatic rings. The Bertz CT molecular complexity index is 1260. The summed E-state index contributed by atoms with van der Waals surface area (Å²) in [5, 5.41) is 7.10. The van der Waals surface area contributed by atoms with E-state index < -0.39 is 5.82 Å². The van der Waals surface area contributed by atoms with Gasteiger partial charge in [-0.2, -0.15) is 0 Å². The standard InChI is InChI=1S/C27H28FN5O/c28-23-9-8-21(16-25(23)32-26(34)13-18-5-2-1-3-6-18)31-17-22-14-19(10-12-29-22)24-15-20-7-4-11-30-27(20)33-24/h4,7-12,14-16,18,31H,1-3,5-6,13,17H2,(H,30,33)(H,32,34). The second-order valence-electron chi connectivity index (χ2n) is 8.96. The van der Waals surface area contributed by atoms with Gasteiger partial charge in [0.1, 0.15) is 11.5 Å². The summed E-state index contributed by atoms with van der Waals surface area (Å²) in [6.07, 6.45) is 9.76. The van der Waals surface area contributed by atoms with E-state index in [4.69, 9.17) is 0 Å². The number of amides is 1. The lowest BCUT2D eigenvalue weighted by atomic mass is 9.87. The maximum absolute atomic E-state index is 14.3. The van der Waals surface area contributed by atoms with Crippen LogP contribution in [-0.2, 0) is 11.3 Å². The predicted molar refractivity (Wildman–Crippen MR) is 133 cm³/mol. The molecule has 6 nitrogen and oxygen atoms in total. The number of benzene rings is 1. The average Bonchev–Trinajstić information content (AvgIpc) is 3.30. The minimum absolute atomic E-state index is 0.120. The third-order valence-corrected chi connectivity index (χ3v) is 6.43. The lowest BCUT2D eigenvalue weighted by molar-refractivity contribution is -0.117. The molecular weight excluding hydrogens is 429 g/mol. The molecule has 7 heteroatoms. The highest BCUT2D eigenvalue weighted by molar-refractivity contribution is 5.91. The molecule has 4 aromatic rings. The van der Waals surface area contributed by atoms with Crippen molar-refractivity contribution in [3.05, 3.63) is 72.4 Å². The second-order valence-corrected chi connectivity index (χ2v) is 8.96. The summed E-state index contributed by atoms with van der Waals surface area (Å²) >= 11 is 0. The highest BCUT2D eigenvalue weighted by atomic mass is 19.1. The van der Waals surface area contributed by atoms with Gasteiger partial charge in [0.05, 0.1) is 17.9 Å². The van der Waals surface area contributed by atoms with Gasteiger partial charge in [0.2, 0.25) is 5.91 Å². The van der Waals surface area contributed by atoms with E-state index in [2.05, 4.69) is 31.7 Å². The number of anilines is 2. The molecular formula is C27H28FN5O. The first-order valence-electron chi connectivity index (χ1n) is 11.9. The van der Waals surface area contributed by atoms with Crippen molar-refractivity contribution >= 4 is 28.3 Å². The fourth-order valence-corrected chi connectivity index (χ4v) is 4.63. The number of aromatic amines is 1. The van der Waals surface area contributed by atoms with Gasteiger partial charge < -0.3 is 15.6 Å². The van der Waals surface area contributed by atoms with Crippen molar-refractivity contribution in [2.75, 3.05) is 10.6 Å². The summed E-state index contributed by atoms with van der Waals surface area (Å²) < 4.78 is 14.3. The van der Waals surface area contributed by atoms with E-state index in [1.165, 1.54) is 25.3 Å². The van der Waals surface area contributed by atoms with Crippen LogP contribution >= 0.6 is 0 Å². The first-order valence-corrected chi connectivity index (χ1v) is 11.9. The van der Waals surface area contributed by atoms with Crippen LogP contribution in [0.25, 0.3) is 22.3 Å². The summed E-state index contributed by atoms with van der Waals surface area (Å²) in [6, 6.07) is 14.6. The summed E-state index contributed by atoms with van der Waals surface area (Å²) in [5.41, 5.74) is 4.60. The number of nitrogens with one attached hydrogen (secondary N) is 3. The van der Waals surface area contributed by atoms with E-state index >= 15 is 0 Å². The molecule has 174 valence electrons. The van der Waals surface area contributed by atoms with Crippen molar-refractivity contribution in [2.24, 2.45) is 5.92 Å². The van der Waals surface area contributed by atoms with Crippen LogP contribution in [0, 0.1) is 11.7 Å². The number of hydrogen-bond donors (Lipinski definition) is 3. The smallest absolute Gasteiger partial charge is 0.224 e. The summed E-state index contributed by atoms with van der Waals surface area (Å²) in [5.74, 6) is -0.148. The van der Waals surface area contributed by atoms with E-state index in [0.717, 1.165) is 46.5 Å². The molecule has 1 amide bonds. The number of H-pyrrole nitrogens is 1. The molecule has 0 aliphatic heterocycles. The molecule has 0 unspecified atom stereocenters. The topological polar surface area (TPSA) is 82.7 Å². The highest BCUT2D eigenvalue weighted by Gasteiger charge is 2.18. The third kappa shape index (κ3) is 5.25. The lowest BCUT2D eigenvalue weighted by Gasteiger charge is -2.21. The largest absolute Gasteiger partial charge is 0.379 e. The summed E-state index contributed by atoms with van der Waals surface area (Å²) in [7, 11) is 0. The molecule has 0 bridgehead atoms. The van der Waals surface area contributed by atoms with Gasteiger partial charge in [-0.25, -0.2) is 9.37 Å². The number of carbonyl (C=O) groups excluding carboxylic acids is 1. The first-order chi connectivity index (χ1) is 16.6. The minimum Gasteiger partial charge on any atom is -0.379 e. The zero-order valence-electron chi connectivity index (χ0n) is 19.0. The van der Waals surface area contributed by atoms with E-state index in [1.807, 2.05) is 24.3 Å². The molecule has 3 aromatic heterocycles. The van der Waals surface area contributed by atoms with Crippen molar-refractivity contribution in [1.29, 1.82) is 0 Å². The molecule has 1 aromatic carbocycles. The molecule has 0 atom stereocenters. The number of aromatic nitrogens is 3. The molecule has 3 heterocycles. The molecule has 1 fully saturated rings. The van der Waals surface area contributed by atoms with Gasteiger partial charge in [-0.3, -0.25) is 9.78 Å².